The topological polar surface area (TPSA) is 50.4 Å². The van der Waals surface area contributed by atoms with Crippen LogP contribution in [-0.4, -0.2) is 5.96 Å². The Morgan fingerprint density at radius 2 is 1.72 bits per heavy atom. The second kappa shape index (κ2) is 5.68. The summed E-state index contributed by atoms with van der Waals surface area (Å²) in [5.74, 6) is 0.368. The molecule has 2 aromatic carbocycles. The minimum atomic E-state index is 0.368. The zero-order valence-corrected chi connectivity index (χ0v) is 10.0. The van der Waals surface area contributed by atoms with Crippen LogP contribution in [0.25, 0.3) is 6.08 Å². The first-order valence-corrected chi connectivity index (χ1v) is 5.66. The summed E-state index contributed by atoms with van der Waals surface area (Å²) in [5.41, 5.74) is 8.61. The van der Waals surface area contributed by atoms with Crippen molar-refractivity contribution in [3.63, 3.8) is 0 Å². The van der Waals surface area contributed by atoms with Gasteiger partial charge in [0.15, 0.2) is 5.96 Å². The van der Waals surface area contributed by atoms with Crippen LogP contribution in [0.4, 0.5) is 11.4 Å². The van der Waals surface area contributed by atoms with E-state index in [4.69, 9.17) is 5.73 Å². The second-order valence-corrected chi connectivity index (χ2v) is 3.78. The van der Waals surface area contributed by atoms with Gasteiger partial charge in [0.05, 0.1) is 5.69 Å². The zero-order chi connectivity index (χ0) is 12.8. The molecule has 3 heteroatoms. The Hall–Kier alpha value is -2.55. The predicted molar refractivity (Wildman–Crippen MR) is 77.9 cm³/mol. The van der Waals surface area contributed by atoms with Crippen molar-refractivity contribution in [1.82, 2.24) is 0 Å². The van der Waals surface area contributed by atoms with Gasteiger partial charge in [-0.2, -0.15) is 0 Å². The lowest BCUT2D eigenvalue weighted by Gasteiger charge is -2.05. The van der Waals surface area contributed by atoms with E-state index in [-0.39, 0.29) is 0 Å². The van der Waals surface area contributed by atoms with E-state index < -0.39 is 0 Å². The molecule has 0 spiro atoms. The Morgan fingerprint density at radius 3 is 2.33 bits per heavy atom. The number of rotatable bonds is 3. The predicted octanol–water partition coefficient (Wildman–Crippen LogP) is 3.39. The molecule has 0 bridgehead atoms. The summed E-state index contributed by atoms with van der Waals surface area (Å²) in [4.78, 5) is 4.28. The normalized spacial score (nSPS) is 11.0. The largest absolute Gasteiger partial charge is 0.369 e. The highest BCUT2D eigenvalue weighted by atomic mass is 15.1. The Balaban J connectivity index is 2.10. The molecule has 0 saturated carbocycles. The van der Waals surface area contributed by atoms with Crippen molar-refractivity contribution in [3.8, 4) is 0 Å². The fourth-order valence-corrected chi connectivity index (χ4v) is 1.52. The van der Waals surface area contributed by atoms with Gasteiger partial charge < -0.3 is 11.1 Å². The highest BCUT2D eigenvalue weighted by Crippen LogP contribution is 2.14. The Morgan fingerprint density at radius 1 is 1.06 bits per heavy atom. The van der Waals surface area contributed by atoms with Crippen LogP contribution in [-0.2, 0) is 0 Å². The molecule has 0 fully saturated rings. The smallest absolute Gasteiger partial charge is 0.198 e. The molecule has 0 aromatic heterocycles. The molecule has 0 atom stereocenters. The van der Waals surface area contributed by atoms with Gasteiger partial charge in [-0.25, -0.2) is 4.99 Å². The van der Waals surface area contributed by atoms with Gasteiger partial charge in [-0.1, -0.05) is 43.0 Å². The maximum Gasteiger partial charge on any atom is 0.198 e. The van der Waals surface area contributed by atoms with E-state index >= 15 is 0 Å². The molecular formula is C15H15N3. The van der Waals surface area contributed by atoms with Crippen molar-refractivity contribution in [3.05, 3.63) is 66.7 Å². The Labute approximate surface area is 107 Å². The minimum absolute atomic E-state index is 0.368. The summed E-state index contributed by atoms with van der Waals surface area (Å²) in [6.45, 7) is 3.70. The third kappa shape index (κ3) is 3.22. The summed E-state index contributed by atoms with van der Waals surface area (Å²) >= 11 is 0. The maximum absolute atomic E-state index is 5.83. The second-order valence-electron chi connectivity index (χ2n) is 3.78. The van der Waals surface area contributed by atoms with E-state index in [1.54, 1.807) is 6.08 Å². The van der Waals surface area contributed by atoms with Gasteiger partial charge in [0.1, 0.15) is 0 Å². The lowest BCUT2D eigenvalue weighted by atomic mass is 10.2. The first-order chi connectivity index (χ1) is 8.78. The quantitative estimate of drug-likeness (QED) is 0.635. The molecule has 18 heavy (non-hydrogen) atoms. The molecule has 0 heterocycles. The molecule has 0 aliphatic carbocycles. The van der Waals surface area contributed by atoms with Gasteiger partial charge in [-0.3, -0.25) is 0 Å². The first kappa shape index (κ1) is 11.9. The van der Waals surface area contributed by atoms with Crippen LogP contribution in [0, 0.1) is 0 Å². The van der Waals surface area contributed by atoms with Crippen molar-refractivity contribution in [1.29, 1.82) is 0 Å². The van der Waals surface area contributed by atoms with Gasteiger partial charge in [0, 0.05) is 5.69 Å². The maximum atomic E-state index is 5.83. The number of hydrogen-bond donors (Lipinski definition) is 2. The molecule has 0 aliphatic rings. The number of benzene rings is 2. The SMILES string of the molecule is C=Cc1ccc(N=C(N)Nc2ccccc2)cc1. The van der Waals surface area contributed by atoms with Crippen LogP contribution >= 0.6 is 0 Å². The van der Waals surface area contributed by atoms with E-state index in [0.29, 0.717) is 5.96 Å². The third-order valence-corrected chi connectivity index (χ3v) is 2.42. The number of guanidine groups is 1. The number of nitrogens with one attached hydrogen (secondary N) is 1. The average molecular weight is 237 g/mol. The number of nitrogens with two attached hydrogens (primary N) is 1. The summed E-state index contributed by atoms with van der Waals surface area (Å²) in [6, 6.07) is 17.4. The van der Waals surface area contributed by atoms with E-state index in [1.807, 2.05) is 54.6 Å². The Bertz CT molecular complexity index is 542. The van der Waals surface area contributed by atoms with E-state index in [9.17, 15) is 0 Å². The summed E-state index contributed by atoms with van der Waals surface area (Å²) in [5, 5.41) is 3.03. The van der Waals surface area contributed by atoms with Crippen LogP contribution in [0.1, 0.15) is 5.56 Å². The third-order valence-electron chi connectivity index (χ3n) is 2.42. The molecule has 0 saturated heterocycles. The number of aliphatic imine (C=N–C) groups is 1. The summed E-state index contributed by atoms with van der Waals surface area (Å²) < 4.78 is 0. The molecular weight excluding hydrogens is 222 g/mol. The molecule has 2 rings (SSSR count). The molecule has 0 unspecified atom stereocenters. The standard InChI is InChI=1S/C15H15N3/c1-2-12-8-10-14(11-9-12)18-15(16)17-13-6-4-3-5-7-13/h2-11H,1H2,(H3,16,17,18). The van der Waals surface area contributed by atoms with Gasteiger partial charge in [-0.15, -0.1) is 0 Å². The van der Waals surface area contributed by atoms with Crippen molar-refractivity contribution in [2.45, 2.75) is 0 Å². The van der Waals surface area contributed by atoms with Crippen molar-refractivity contribution < 1.29 is 0 Å². The zero-order valence-electron chi connectivity index (χ0n) is 10.0. The molecule has 2 aromatic rings. The van der Waals surface area contributed by atoms with Crippen molar-refractivity contribution in [2.75, 3.05) is 5.32 Å². The van der Waals surface area contributed by atoms with E-state index in [2.05, 4.69) is 16.9 Å². The van der Waals surface area contributed by atoms with Gasteiger partial charge >= 0.3 is 0 Å². The van der Waals surface area contributed by atoms with E-state index in [1.165, 1.54) is 0 Å². The molecule has 90 valence electrons. The monoisotopic (exact) mass is 237 g/mol. The van der Waals surface area contributed by atoms with Gasteiger partial charge in [0.25, 0.3) is 0 Å². The highest BCUT2D eigenvalue weighted by molar-refractivity contribution is 5.93. The lowest BCUT2D eigenvalue weighted by Crippen LogP contribution is -2.21. The fraction of sp³-hybridized carbons (Fsp3) is 0. The molecule has 0 aliphatic heterocycles. The van der Waals surface area contributed by atoms with Crippen LogP contribution in [0.5, 0.6) is 0 Å². The average Bonchev–Trinajstić information content (AvgIpc) is 2.40. The van der Waals surface area contributed by atoms with Crippen molar-refractivity contribution in [2.24, 2.45) is 10.7 Å². The van der Waals surface area contributed by atoms with E-state index in [0.717, 1.165) is 16.9 Å². The molecule has 0 amide bonds. The van der Waals surface area contributed by atoms with Crippen LogP contribution in [0.15, 0.2) is 66.2 Å². The van der Waals surface area contributed by atoms with Crippen molar-refractivity contribution >= 4 is 23.4 Å². The first-order valence-electron chi connectivity index (χ1n) is 5.66. The molecule has 3 nitrogen and oxygen atoms in total. The number of para-hydroxylation sites is 1. The molecule has 0 radical (unpaired) electrons. The molecule has 3 N–H and O–H groups in total. The van der Waals surface area contributed by atoms with Gasteiger partial charge in [0.2, 0.25) is 0 Å². The lowest BCUT2D eigenvalue weighted by molar-refractivity contribution is 1.44. The number of nitrogens with zero attached hydrogens (tertiary/aromatic N) is 1. The number of hydrogen-bond acceptors (Lipinski definition) is 1. The summed E-state index contributed by atoms with van der Waals surface area (Å²) in [7, 11) is 0. The highest BCUT2D eigenvalue weighted by Gasteiger charge is 1.95. The van der Waals surface area contributed by atoms with Crippen LogP contribution < -0.4 is 11.1 Å². The number of anilines is 1. The van der Waals surface area contributed by atoms with Crippen LogP contribution in [0.3, 0.4) is 0 Å². The Kier molecular flexibility index (Phi) is 3.76. The van der Waals surface area contributed by atoms with Gasteiger partial charge in [-0.05, 0) is 29.8 Å². The fourth-order valence-electron chi connectivity index (χ4n) is 1.52. The van der Waals surface area contributed by atoms with Crippen LogP contribution in [0.2, 0.25) is 0 Å². The minimum Gasteiger partial charge on any atom is -0.369 e. The summed E-state index contributed by atoms with van der Waals surface area (Å²) in [6.07, 6.45) is 1.79.